The summed E-state index contributed by atoms with van der Waals surface area (Å²) in [5.74, 6) is 1.61. The minimum Gasteiger partial charge on any atom is -0.489 e. The molecule has 2 aromatic carbocycles. The number of benzene rings is 2. The maximum absolute atomic E-state index is 13.1. The molecular formula is C24H20ClN3O4S. The van der Waals surface area contributed by atoms with Gasteiger partial charge >= 0.3 is 0 Å². The van der Waals surface area contributed by atoms with E-state index in [0.717, 1.165) is 22.9 Å². The van der Waals surface area contributed by atoms with Crippen LogP contribution in [0, 0.1) is 0 Å². The number of rotatable bonds is 6. The highest BCUT2D eigenvalue weighted by Gasteiger charge is 2.22. The summed E-state index contributed by atoms with van der Waals surface area (Å²) in [6.07, 6.45) is 4.17. The van der Waals surface area contributed by atoms with Gasteiger partial charge in [-0.3, -0.25) is 4.79 Å². The molecule has 9 heteroatoms. The van der Waals surface area contributed by atoms with Crippen molar-refractivity contribution in [3.63, 3.8) is 0 Å². The number of furan rings is 1. The van der Waals surface area contributed by atoms with Gasteiger partial charge in [-0.25, -0.2) is 9.97 Å². The third-order valence-electron chi connectivity index (χ3n) is 5.11. The van der Waals surface area contributed by atoms with Crippen LogP contribution < -0.4 is 14.8 Å². The maximum atomic E-state index is 13.1. The van der Waals surface area contributed by atoms with Crippen molar-refractivity contribution in [1.82, 2.24) is 15.3 Å². The number of hydrogen-bond donors (Lipinski definition) is 1. The van der Waals surface area contributed by atoms with Gasteiger partial charge in [-0.2, -0.15) is 0 Å². The molecular weight excluding hydrogens is 462 g/mol. The highest BCUT2D eigenvalue weighted by Crippen LogP contribution is 2.38. The zero-order chi connectivity index (χ0) is 22.6. The summed E-state index contributed by atoms with van der Waals surface area (Å²) >= 11 is 7.83. The number of nitrogens with zero attached hydrogens (tertiary/aromatic N) is 2. The Labute approximate surface area is 199 Å². The van der Waals surface area contributed by atoms with E-state index in [4.69, 9.17) is 25.5 Å². The Kier molecular flexibility index (Phi) is 6.37. The number of nitrogens with one attached hydrogen (secondary N) is 1. The largest absolute Gasteiger partial charge is 0.489 e. The van der Waals surface area contributed by atoms with Crippen LogP contribution in [0.1, 0.15) is 28.1 Å². The second-order valence-corrected chi connectivity index (χ2v) is 8.71. The van der Waals surface area contributed by atoms with Gasteiger partial charge in [0.2, 0.25) is 0 Å². The molecule has 0 bridgehead atoms. The molecule has 1 amide bonds. The molecule has 0 aliphatic carbocycles. The Hall–Kier alpha value is -3.23. The Balaban J connectivity index is 1.36. The Morgan fingerprint density at radius 3 is 2.79 bits per heavy atom. The molecule has 0 spiro atoms. The molecule has 3 heterocycles. The molecule has 5 rings (SSSR count). The number of amides is 1. The lowest BCUT2D eigenvalue weighted by molar-refractivity contribution is 0.0924. The van der Waals surface area contributed by atoms with Crippen molar-refractivity contribution in [3.05, 3.63) is 76.8 Å². The first-order valence-electron chi connectivity index (χ1n) is 10.5. The van der Waals surface area contributed by atoms with Crippen LogP contribution in [-0.4, -0.2) is 29.1 Å². The summed E-state index contributed by atoms with van der Waals surface area (Å²) in [6.45, 7) is 1.38. The van der Waals surface area contributed by atoms with Crippen LogP contribution in [0.15, 0.2) is 64.4 Å². The fourth-order valence-electron chi connectivity index (χ4n) is 3.57. The van der Waals surface area contributed by atoms with E-state index < -0.39 is 0 Å². The molecule has 168 valence electrons. The van der Waals surface area contributed by atoms with Crippen LogP contribution in [0.5, 0.6) is 11.5 Å². The van der Waals surface area contributed by atoms with Crippen molar-refractivity contribution in [2.24, 2.45) is 0 Å². The van der Waals surface area contributed by atoms with Crippen LogP contribution in [0.4, 0.5) is 0 Å². The third kappa shape index (κ3) is 4.77. The number of hydrogen-bond acceptors (Lipinski definition) is 7. The SMILES string of the molecule is O=C(NCc1cc(Cl)c2c(c1)OCCCO2)c1oc2ccccc2c1CSc1ncccn1. The van der Waals surface area contributed by atoms with Gasteiger partial charge in [0.15, 0.2) is 22.4 Å². The van der Waals surface area contributed by atoms with E-state index in [1.54, 1.807) is 24.5 Å². The van der Waals surface area contributed by atoms with Crippen LogP contribution in [0.25, 0.3) is 11.0 Å². The van der Waals surface area contributed by atoms with Crippen molar-refractivity contribution in [3.8, 4) is 11.5 Å². The first kappa shape index (κ1) is 21.6. The normalized spacial score (nSPS) is 13.0. The van der Waals surface area contributed by atoms with Gasteiger partial charge in [-0.15, -0.1) is 0 Å². The number of ether oxygens (including phenoxy) is 2. The first-order valence-corrected chi connectivity index (χ1v) is 11.8. The fraction of sp³-hybridized carbons (Fsp3) is 0.208. The van der Waals surface area contributed by atoms with Crippen molar-refractivity contribution >= 4 is 40.2 Å². The van der Waals surface area contributed by atoms with E-state index in [-0.39, 0.29) is 18.2 Å². The Morgan fingerprint density at radius 2 is 1.91 bits per heavy atom. The predicted molar refractivity (Wildman–Crippen MR) is 126 cm³/mol. The van der Waals surface area contributed by atoms with Gasteiger partial charge in [0.25, 0.3) is 5.91 Å². The molecule has 0 fully saturated rings. The van der Waals surface area contributed by atoms with E-state index in [1.165, 1.54) is 11.8 Å². The van der Waals surface area contributed by atoms with Gasteiger partial charge in [-0.05, 0) is 29.8 Å². The first-order chi connectivity index (χ1) is 16.2. The number of halogens is 1. The molecule has 0 saturated carbocycles. The highest BCUT2D eigenvalue weighted by molar-refractivity contribution is 7.98. The van der Waals surface area contributed by atoms with Crippen LogP contribution >= 0.6 is 23.4 Å². The van der Waals surface area contributed by atoms with Crippen LogP contribution in [0.3, 0.4) is 0 Å². The average Bonchev–Trinajstić information content (AvgIpc) is 3.03. The molecule has 1 N–H and O–H groups in total. The van der Waals surface area contributed by atoms with Gasteiger partial charge in [0, 0.05) is 42.1 Å². The number of fused-ring (bicyclic) bond motifs is 2. The second-order valence-electron chi connectivity index (χ2n) is 7.36. The molecule has 0 radical (unpaired) electrons. The lowest BCUT2D eigenvalue weighted by Gasteiger charge is -2.12. The molecule has 7 nitrogen and oxygen atoms in total. The van der Waals surface area contributed by atoms with Crippen LogP contribution in [0.2, 0.25) is 5.02 Å². The molecule has 33 heavy (non-hydrogen) atoms. The molecule has 1 aliphatic heterocycles. The summed E-state index contributed by atoms with van der Waals surface area (Å²) in [4.78, 5) is 21.6. The summed E-state index contributed by atoms with van der Waals surface area (Å²) in [5, 5.41) is 4.93. The van der Waals surface area contributed by atoms with Crippen molar-refractivity contribution in [2.45, 2.75) is 23.9 Å². The monoisotopic (exact) mass is 481 g/mol. The quantitative estimate of drug-likeness (QED) is 0.297. The number of thioether (sulfide) groups is 1. The van der Waals surface area contributed by atoms with Crippen molar-refractivity contribution < 1.29 is 18.7 Å². The van der Waals surface area contributed by atoms with Gasteiger partial charge < -0.3 is 19.2 Å². The fourth-order valence-corrected chi connectivity index (χ4v) is 4.69. The Morgan fingerprint density at radius 1 is 1.09 bits per heavy atom. The molecule has 0 atom stereocenters. The molecule has 4 aromatic rings. The van der Waals surface area contributed by atoms with Gasteiger partial charge in [-0.1, -0.05) is 41.6 Å². The summed E-state index contributed by atoms with van der Waals surface area (Å²) in [5.41, 5.74) is 2.27. The van der Waals surface area contributed by atoms with Gasteiger partial charge in [0.05, 0.1) is 18.2 Å². The second kappa shape index (κ2) is 9.72. The van der Waals surface area contributed by atoms with E-state index in [2.05, 4.69) is 15.3 Å². The third-order valence-corrected chi connectivity index (χ3v) is 6.29. The van der Waals surface area contributed by atoms with Crippen LogP contribution in [-0.2, 0) is 12.3 Å². The minimum absolute atomic E-state index is 0.265. The lowest BCUT2D eigenvalue weighted by atomic mass is 10.1. The van der Waals surface area contributed by atoms with E-state index in [1.807, 2.05) is 30.3 Å². The van der Waals surface area contributed by atoms with Gasteiger partial charge in [0.1, 0.15) is 5.58 Å². The molecule has 1 aliphatic rings. The minimum atomic E-state index is -0.306. The number of carbonyl (C=O) groups excluding carboxylic acids is 1. The topological polar surface area (TPSA) is 86.5 Å². The molecule has 0 unspecified atom stereocenters. The van der Waals surface area contributed by atoms with E-state index >= 15 is 0 Å². The zero-order valence-corrected chi connectivity index (χ0v) is 19.1. The maximum Gasteiger partial charge on any atom is 0.287 e. The standard InChI is InChI=1S/C24H20ClN3O4S/c25-18-11-15(12-20-22(18)31-10-4-9-30-20)13-28-23(29)21-17(14-33-24-26-7-3-8-27-24)16-5-1-2-6-19(16)32-21/h1-3,5-8,11-12H,4,9-10,13-14H2,(H,28,29). The number of carbonyl (C=O) groups is 1. The number of aromatic nitrogens is 2. The number of para-hydroxylation sites is 1. The molecule has 2 aromatic heterocycles. The lowest BCUT2D eigenvalue weighted by Crippen LogP contribution is -2.23. The smallest absolute Gasteiger partial charge is 0.287 e. The Bertz CT molecular complexity index is 1300. The average molecular weight is 482 g/mol. The van der Waals surface area contributed by atoms with E-state index in [9.17, 15) is 4.79 Å². The molecule has 0 saturated heterocycles. The van der Waals surface area contributed by atoms with Crippen molar-refractivity contribution in [1.29, 1.82) is 0 Å². The summed E-state index contributed by atoms with van der Waals surface area (Å²) in [6, 6.07) is 13.0. The zero-order valence-electron chi connectivity index (χ0n) is 17.5. The highest BCUT2D eigenvalue weighted by atomic mass is 35.5. The summed E-state index contributed by atoms with van der Waals surface area (Å²) < 4.78 is 17.3. The van der Waals surface area contributed by atoms with E-state index in [0.29, 0.717) is 46.2 Å². The van der Waals surface area contributed by atoms with Crippen molar-refractivity contribution in [2.75, 3.05) is 13.2 Å². The summed E-state index contributed by atoms with van der Waals surface area (Å²) in [7, 11) is 0. The predicted octanol–water partition coefficient (Wildman–Crippen LogP) is 5.26.